The Kier molecular flexibility index (Phi) is 5.36. The summed E-state index contributed by atoms with van der Waals surface area (Å²) in [6, 6.07) is 15.4. The van der Waals surface area contributed by atoms with Crippen LogP contribution in [0.5, 0.6) is 0 Å². The number of aromatic nitrogens is 5. The van der Waals surface area contributed by atoms with Gasteiger partial charge in [-0.05, 0) is 48.7 Å². The second-order valence-corrected chi connectivity index (χ2v) is 7.80. The lowest BCUT2D eigenvalue weighted by Gasteiger charge is -2.19. The van der Waals surface area contributed by atoms with Crippen LogP contribution in [0.4, 0.5) is 5.82 Å². The SMILES string of the molecule is CC#Cc1cnnc2cc(C(C)NC(=O)c3c(N)nn4cccnc34)c(-c3ccccc3)cc12. The van der Waals surface area contributed by atoms with E-state index in [1.165, 1.54) is 4.52 Å². The van der Waals surface area contributed by atoms with Crippen LogP contribution in [0.25, 0.3) is 27.7 Å². The quantitative estimate of drug-likeness (QED) is 0.406. The molecule has 5 rings (SSSR count). The van der Waals surface area contributed by atoms with E-state index < -0.39 is 0 Å². The van der Waals surface area contributed by atoms with Crippen LogP contribution < -0.4 is 11.1 Å². The van der Waals surface area contributed by atoms with E-state index in [1.54, 1.807) is 31.6 Å². The summed E-state index contributed by atoms with van der Waals surface area (Å²) in [6.45, 7) is 3.71. The first kappa shape index (κ1) is 21.1. The predicted octanol–water partition coefficient (Wildman–Crippen LogP) is 3.78. The van der Waals surface area contributed by atoms with Crippen molar-refractivity contribution in [2.75, 3.05) is 5.73 Å². The van der Waals surface area contributed by atoms with Crippen molar-refractivity contribution in [2.45, 2.75) is 19.9 Å². The van der Waals surface area contributed by atoms with Crippen LogP contribution >= 0.6 is 0 Å². The summed E-state index contributed by atoms with van der Waals surface area (Å²) in [7, 11) is 0. The number of nitrogens with two attached hydrogens (primary N) is 1. The molecule has 0 aliphatic rings. The van der Waals surface area contributed by atoms with E-state index in [9.17, 15) is 4.79 Å². The minimum Gasteiger partial charge on any atom is -0.381 e. The minimum absolute atomic E-state index is 0.124. The Morgan fingerprint density at radius 1 is 1.18 bits per heavy atom. The average Bonchev–Trinajstić information content (AvgIpc) is 3.20. The molecular weight excluding hydrogens is 426 g/mol. The molecule has 0 bridgehead atoms. The van der Waals surface area contributed by atoms with Crippen molar-refractivity contribution in [2.24, 2.45) is 0 Å². The zero-order chi connectivity index (χ0) is 23.7. The Hall–Kier alpha value is -4.77. The van der Waals surface area contributed by atoms with Crippen LogP contribution in [-0.4, -0.2) is 30.7 Å². The number of amides is 1. The van der Waals surface area contributed by atoms with Crippen molar-refractivity contribution in [3.05, 3.63) is 83.8 Å². The lowest BCUT2D eigenvalue weighted by Crippen LogP contribution is -2.27. The molecule has 1 atom stereocenters. The van der Waals surface area contributed by atoms with E-state index in [4.69, 9.17) is 5.73 Å². The van der Waals surface area contributed by atoms with Gasteiger partial charge in [0, 0.05) is 17.8 Å². The van der Waals surface area contributed by atoms with E-state index in [0.717, 1.165) is 27.6 Å². The maximum absolute atomic E-state index is 13.2. The van der Waals surface area contributed by atoms with Crippen molar-refractivity contribution in [1.82, 2.24) is 30.1 Å². The third-order valence-corrected chi connectivity index (χ3v) is 5.62. The molecule has 3 heterocycles. The summed E-state index contributed by atoms with van der Waals surface area (Å²) in [5.74, 6) is 5.81. The van der Waals surface area contributed by atoms with E-state index in [-0.39, 0.29) is 23.3 Å². The summed E-state index contributed by atoms with van der Waals surface area (Å²) in [4.78, 5) is 17.5. The zero-order valence-corrected chi connectivity index (χ0v) is 18.6. The van der Waals surface area contributed by atoms with Gasteiger partial charge < -0.3 is 11.1 Å². The molecule has 0 aliphatic heterocycles. The minimum atomic E-state index is -0.368. The monoisotopic (exact) mass is 447 g/mol. The first-order valence-corrected chi connectivity index (χ1v) is 10.7. The first-order chi connectivity index (χ1) is 16.6. The Morgan fingerprint density at radius 3 is 2.79 bits per heavy atom. The number of nitrogens with one attached hydrogen (secondary N) is 1. The number of carbonyl (C=O) groups is 1. The molecule has 0 aliphatic carbocycles. The molecule has 3 N–H and O–H groups in total. The highest BCUT2D eigenvalue weighted by Crippen LogP contribution is 2.33. The highest BCUT2D eigenvalue weighted by molar-refractivity contribution is 6.04. The van der Waals surface area contributed by atoms with Crippen molar-refractivity contribution >= 4 is 28.3 Å². The summed E-state index contributed by atoms with van der Waals surface area (Å²) in [6.07, 6.45) is 4.97. The molecule has 1 amide bonds. The standard InChI is InChI=1S/C26H21N7O/c1-3-8-18-15-29-31-22-14-19(20(13-21(18)22)17-9-5-4-6-10-17)16(2)30-26(34)23-24(27)32-33-12-7-11-28-25(23)33/h4-7,9-16H,1-2H3,(H2,27,32)(H,30,34). The van der Waals surface area contributed by atoms with Crippen molar-refractivity contribution in [3.8, 4) is 23.0 Å². The first-order valence-electron chi connectivity index (χ1n) is 10.7. The molecule has 0 fully saturated rings. The molecule has 3 aromatic heterocycles. The molecule has 8 heteroatoms. The zero-order valence-electron chi connectivity index (χ0n) is 18.6. The van der Waals surface area contributed by atoms with Gasteiger partial charge in [-0.15, -0.1) is 11.0 Å². The highest BCUT2D eigenvalue weighted by atomic mass is 16.1. The molecule has 0 radical (unpaired) electrons. The fourth-order valence-electron chi connectivity index (χ4n) is 4.05. The molecule has 0 saturated carbocycles. The maximum atomic E-state index is 13.2. The van der Waals surface area contributed by atoms with Crippen LogP contribution in [0.2, 0.25) is 0 Å². The maximum Gasteiger partial charge on any atom is 0.259 e. The third kappa shape index (κ3) is 3.69. The fourth-order valence-corrected chi connectivity index (χ4v) is 4.05. The number of nitrogens with zero attached hydrogens (tertiary/aromatic N) is 5. The van der Waals surface area contributed by atoms with Gasteiger partial charge in [-0.25, -0.2) is 9.50 Å². The number of benzene rings is 2. The van der Waals surface area contributed by atoms with Gasteiger partial charge in [-0.3, -0.25) is 4.79 Å². The largest absolute Gasteiger partial charge is 0.381 e. The van der Waals surface area contributed by atoms with Gasteiger partial charge >= 0.3 is 0 Å². The normalized spacial score (nSPS) is 11.7. The summed E-state index contributed by atoms with van der Waals surface area (Å²) < 4.78 is 1.49. The molecule has 5 aromatic rings. The van der Waals surface area contributed by atoms with Crippen molar-refractivity contribution in [3.63, 3.8) is 0 Å². The molecule has 8 nitrogen and oxygen atoms in total. The fraction of sp³-hybridized carbons (Fsp3) is 0.115. The van der Waals surface area contributed by atoms with Gasteiger partial charge in [-0.1, -0.05) is 36.3 Å². The molecular formula is C26H21N7O. The molecule has 2 aromatic carbocycles. The van der Waals surface area contributed by atoms with Crippen LogP contribution in [0.3, 0.4) is 0 Å². The number of hydrogen-bond acceptors (Lipinski definition) is 6. The summed E-state index contributed by atoms with van der Waals surface area (Å²) >= 11 is 0. The number of anilines is 1. The number of fused-ring (bicyclic) bond motifs is 2. The number of rotatable bonds is 4. The Bertz CT molecular complexity index is 1600. The van der Waals surface area contributed by atoms with Crippen LogP contribution in [0.1, 0.15) is 41.4 Å². The third-order valence-electron chi connectivity index (χ3n) is 5.62. The van der Waals surface area contributed by atoms with Crippen LogP contribution in [0.15, 0.2) is 67.1 Å². The summed E-state index contributed by atoms with van der Waals surface area (Å²) in [5.41, 5.74) is 11.1. The van der Waals surface area contributed by atoms with Crippen LogP contribution in [0, 0.1) is 11.8 Å². The van der Waals surface area contributed by atoms with Crippen molar-refractivity contribution < 1.29 is 4.79 Å². The number of hydrogen-bond donors (Lipinski definition) is 2. The average molecular weight is 448 g/mol. The lowest BCUT2D eigenvalue weighted by atomic mass is 9.92. The lowest BCUT2D eigenvalue weighted by molar-refractivity contribution is 0.0942. The van der Waals surface area contributed by atoms with E-state index in [1.807, 2.05) is 43.3 Å². The van der Waals surface area contributed by atoms with Crippen molar-refractivity contribution in [1.29, 1.82) is 0 Å². The number of nitrogen functional groups attached to an aromatic ring is 1. The molecule has 34 heavy (non-hydrogen) atoms. The van der Waals surface area contributed by atoms with Gasteiger partial charge in [-0.2, -0.15) is 10.2 Å². The Balaban J connectivity index is 1.61. The predicted molar refractivity (Wildman–Crippen MR) is 131 cm³/mol. The number of carbonyl (C=O) groups excluding carboxylic acids is 1. The smallest absolute Gasteiger partial charge is 0.259 e. The second kappa shape index (κ2) is 8.64. The van der Waals surface area contributed by atoms with Gasteiger partial charge in [0.25, 0.3) is 5.91 Å². The Morgan fingerprint density at radius 2 is 2.00 bits per heavy atom. The van der Waals surface area contributed by atoms with Gasteiger partial charge in [0.1, 0.15) is 5.56 Å². The van der Waals surface area contributed by atoms with E-state index in [0.29, 0.717) is 11.2 Å². The van der Waals surface area contributed by atoms with Gasteiger partial charge in [0.2, 0.25) is 0 Å². The van der Waals surface area contributed by atoms with E-state index >= 15 is 0 Å². The molecule has 166 valence electrons. The second-order valence-electron chi connectivity index (χ2n) is 7.80. The van der Waals surface area contributed by atoms with Gasteiger partial charge in [0.05, 0.1) is 23.3 Å². The van der Waals surface area contributed by atoms with E-state index in [2.05, 4.69) is 43.5 Å². The Labute approximate surface area is 195 Å². The summed E-state index contributed by atoms with van der Waals surface area (Å²) in [5, 5.41) is 16.6. The van der Waals surface area contributed by atoms with Crippen LogP contribution in [-0.2, 0) is 0 Å². The topological polar surface area (TPSA) is 111 Å². The molecule has 0 saturated heterocycles. The van der Waals surface area contributed by atoms with Gasteiger partial charge in [0.15, 0.2) is 11.5 Å². The highest BCUT2D eigenvalue weighted by Gasteiger charge is 2.23. The molecule has 0 spiro atoms. The molecule has 1 unspecified atom stereocenters.